The van der Waals surface area contributed by atoms with E-state index in [1.54, 1.807) is 14.2 Å². The van der Waals surface area contributed by atoms with Gasteiger partial charge in [0.15, 0.2) is 0 Å². The van der Waals surface area contributed by atoms with Crippen LogP contribution in [-0.4, -0.2) is 80.1 Å². The summed E-state index contributed by atoms with van der Waals surface area (Å²) in [7, 11) is 3.28. The van der Waals surface area contributed by atoms with E-state index < -0.39 is 5.97 Å². The van der Waals surface area contributed by atoms with Gasteiger partial charge >= 0.3 is 5.97 Å². The van der Waals surface area contributed by atoms with E-state index in [0.717, 1.165) is 25.3 Å². The average Bonchev–Trinajstić information content (AvgIpc) is 3.14. The number of aliphatic hydroxyl groups is 1. The predicted octanol–water partition coefficient (Wildman–Crippen LogP) is -0.548. The molecule has 10 nitrogen and oxygen atoms in total. The smallest absolute Gasteiger partial charge is 0.322 e. The zero-order valence-corrected chi connectivity index (χ0v) is 16.5. The summed E-state index contributed by atoms with van der Waals surface area (Å²) < 4.78 is 4.97. The molecule has 0 aromatic heterocycles. The van der Waals surface area contributed by atoms with Gasteiger partial charge in [-0.05, 0) is 39.1 Å². The number of hydrogen-bond acceptors (Lipinski definition) is 7. The summed E-state index contributed by atoms with van der Waals surface area (Å²) in [5.74, 6) is -0.435. The third-order valence-electron chi connectivity index (χ3n) is 3.07. The number of rotatable bonds is 5. The number of β-amino-alcohol motifs (C(OH)–C–C–N with tert-alkyl or cyclic N) is 1. The highest BCUT2D eigenvalue weighted by Gasteiger charge is 2.08. The molecule has 0 saturated carbocycles. The molecule has 1 aliphatic heterocycles. The van der Waals surface area contributed by atoms with Crippen LogP contribution in [0.4, 0.5) is 0 Å². The number of hydrogen-bond donors (Lipinski definition) is 6. The van der Waals surface area contributed by atoms with Crippen LogP contribution in [0, 0.1) is 6.92 Å². The maximum absolute atomic E-state index is 10.5. The normalized spacial score (nSPS) is 13.9. The molecule has 1 heterocycles. The van der Waals surface area contributed by atoms with Crippen molar-refractivity contribution >= 4 is 18.3 Å². The van der Waals surface area contributed by atoms with Crippen LogP contribution in [0.3, 0.4) is 0 Å². The van der Waals surface area contributed by atoms with E-state index in [0.29, 0.717) is 0 Å². The number of carboxylic acids is 1. The van der Waals surface area contributed by atoms with Gasteiger partial charge in [-0.3, -0.25) is 14.4 Å². The lowest BCUT2D eigenvalue weighted by Crippen LogP contribution is -2.35. The second kappa shape index (κ2) is 19.1. The molecule has 6 N–H and O–H groups in total. The van der Waals surface area contributed by atoms with Crippen LogP contribution >= 0.6 is 0 Å². The van der Waals surface area contributed by atoms with Gasteiger partial charge in [-0.1, -0.05) is 17.7 Å². The minimum absolute atomic E-state index is 0.0648. The number of nitrogens with one attached hydrogen (secondary N) is 3. The molecule has 0 radical (unpaired) electrons. The van der Waals surface area contributed by atoms with E-state index in [9.17, 15) is 9.59 Å². The number of carbonyl (C=O) groups excluding carboxylic acids is 1. The number of likely N-dealkylation sites (N-methyl/N-ethyl adjacent to an activating group) is 1. The summed E-state index contributed by atoms with van der Waals surface area (Å²) in [6.07, 6.45) is 0.866. The highest BCUT2D eigenvalue weighted by Crippen LogP contribution is 2.09. The molecule has 1 saturated heterocycles. The maximum atomic E-state index is 10.5. The zero-order chi connectivity index (χ0) is 21.8. The Labute approximate surface area is 164 Å². The van der Waals surface area contributed by atoms with E-state index in [-0.39, 0.29) is 31.6 Å². The summed E-state index contributed by atoms with van der Waals surface area (Å²) in [6.45, 7) is 3.41. The number of methoxy groups -OCH3 is 1. The minimum atomic E-state index is -1.04. The standard InChI is InChI=1S/C8H10O.C5H10N2O3.C4H9NO.CH2O2/c1-7-3-5-8(9-2)6-4-7;1-6-2-4(8)7-3-5(9)10;6-4-1-2-5-3-4;2-1-3/h3-6H,1-2H3;6H,2-3H2,1H3,(H,7,8)(H,9,10);4-6H,1-3H2;1H,(H,2,3). The number of aryl methyl sites for hydroxylation is 1. The predicted molar refractivity (Wildman–Crippen MR) is 104 cm³/mol. The van der Waals surface area contributed by atoms with Gasteiger partial charge in [0.2, 0.25) is 5.91 Å². The fourth-order valence-corrected chi connectivity index (χ4v) is 1.71. The van der Waals surface area contributed by atoms with Gasteiger partial charge in [0.1, 0.15) is 12.3 Å². The van der Waals surface area contributed by atoms with Crippen molar-refractivity contribution in [2.75, 3.05) is 40.3 Å². The third-order valence-corrected chi connectivity index (χ3v) is 3.07. The Morgan fingerprint density at radius 1 is 1.29 bits per heavy atom. The summed E-state index contributed by atoms with van der Waals surface area (Å²) in [5.41, 5.74) is 1.26. The number of aliphatic hydroxyl groups excluding tert-OH is 1. The lowest BCUT2D eigenvalue weighted by Gasteiger charge is -1.99. The van der Waals surface area contributed by atoms with Gasteiger partial charge in [-0.15, -0.1) is 0 Å². The van der Waals surface area contributed by atoms with Gasteiger partial charge in [-0.2, -0.15) is 0 Å². The number of ether oxygens (including phenoxy) is 1. The largest absolute Gasteiger partial charge is 0.497 e. The SMILES string of the molecule is CNCC(=O)NCC(=O)O.COc1ccc(C)cc1.O=CO.OC1CCNC1. The Hall–Kier alpha value is -2.69. The van der Waals surface area contributed by atoms with Crippen LogP contribution in [0.25, 0.3) is 0 Å². The number of benzene rings is 1. The third kappa shape index (κ3) is 19.6. The Morgan fingerprint density at radius 2 is 1.86 bits per heavy atom. The van der Waals surface area contributed by atoms with Gasteiger partial charge in [0.25, 0.3) is 6.47 Å². The fraction of sp³-hybridized carbons (Fsp3) is 0.500. The highest BCUT2D eigenvalue weighted by molar-refractivity contribution is 5.82. The van der Waals surface area contributed by atoms with Crippen molar-refractivity contribution in [3.8, 4) is 5.75 Å². The van der Waals surface area contributed by atoms with E-state index in [1.807, 2.05) is 24.3 Å². The number of aliphatic carboxylic acids is 1. The summed E-state index contributed by atoms with van der Waals surface area (Å²) in [5, 5.41) is 31.4. The maximum Gasteiger partial charge on any atom is 0.322 e. The Kier molecular flexibility index (Phi) is 18.8. The van der Waals surface area contributed by atoms with Crippen LogP contribution in [0.5, 0.6) is 5.75 Å². The average molecular weight is 401 g/mol. The molecule has 1 amide bonds. The van der Waals surface area contributed by atoms with Crippen LogP contribution in [0.1, 0.15) is 12.0 Å². The van der Waals surface area contributed by atoms with Crippen LogP contribution in [-0.2, 0) is 14.4 Å². The molecule has 2 rings (SSSR count). The molecule has 160 valence electrons. The molecule has 0 bridgehead atoms. The van der Waals surface area contributed by atoms with E-state index in [2.05, 4.69) is 22.9 Å². The molecule has 1 fully saturated rings. The summed E-state index contributed by atoms with van der Waals surface area (Å²) in [6, 6.07) is 7.96. The molecule has 1 aliphatic rings. The van der Waals surface area contributed by atoms with Crippen molar-refractivity contribution in [2.45, 2.75) is 19.4 Å². The minimum Gasteiger partial charge on any atom is -0.497 e. The monoisotopic (exact) mass is 401 g/mol. The first-order valence-electron chi connectivity index (χ1n) is 8.51. The van der Waals surface area contributed by atoms with Crippen molar-refractivity contribution in [1.29, 1.82) is 0 Å². The topological polar surface area (TPSA) is 157 Å². The van der Waals surface area contributed by atoms with Gasteiger partial charge in [0, 0.05) is 6.54 Å². The molecule has 1 aromatic rings. The zero-order valence-electron chi connectivity index (χ0n) is 16.5. The van der Waals surface area contributed by atoms with Gasteiger partial charge < -0.3 is 36.0 Å². The molecular formula is C18H31N3O7. The van der Waals surface area contributed by atoms with Crippen molar-refractivity contribution in [3.05, 3.63) is 29.8 Å². The summed E-state index contributed by atoms with van der Waals surface area (Å²) in [4.78, 5) is 28.7. The number of amides is 1. The Balaban J connectivity index is 0. The molecule has 10 heteroatoms. The second-order valence-electron chi connectivity index (χ2n) is 5.47. The first kappa shape index (κ1) is 27.5. The van der Waals surface area contributed by atoms with Crippen LogP contribution < -0.4 is 20.7 Å². The van der Waals surface area contributed by atoms with Crippen molar-refractivity contribution < 1.29 is 34.4 Å². The van der Waals surface area contributed by atoms with Gasteiger partial charge in [0.05, 0.1) is 19.8 Å². The van der Waals surface area contributed by atoms with E-state index >= 15 is 0 Å². The molecule has 0 spiro atoms. The fourth-order valence-electron chi connectivity index (χ4n) is 1.71. The first-order valence-corrected chi connectivity index (χ1v) is 8.51. The van der Waals surface area contributed by atoms with Crippen molar-refractivity contribution in [1.82, 2.24) is 16.0 Å². The number of carboxylic acid groups (broad SMARTS) is 2. The number of carbonyl (C=O) groups is 3. The Morgan fingerprint density at radius 3 is 2.18 bits per heavy atom. The molecule has 28 heavy (non-hydrogen) atoms. The molecule has 1 atom stereocenters. The van der Waals surface area contributed by atoms with Crippen molar-refractivity contribution in [2.24, 2.45) is 0 Å². The van der Waals surface area contributed by atoms with Crippen molar-refractivity contribution in [3.63, 3.8) is 0 Å². The van der Waals surface area contributed by atoms with Crippen LogP contribution in [0.2, 0.25) is 0 Å². The summed E-state index contributed by atoms with van der Waals surface area (Å²) >= 11 is 0. The first-order chi connectivity index (χ1) is 13.3. The quantitative estimate of drug-likeness (QED) is 0.356. The van der Waals surface area contributed by atoms with E-state index in [4.69, 9.17) is 24.9 Å². The molecular weight excluding hydrogens is 370 g/mol. The Bertz CT molecular complexity index is 532. The second-order valence-corrected chi connectivity index (χ2v) is 5.47. The van der Waals surface area contributed by atoms with E-state index in [1.165, 1.54) is 5.56 Å². The molecule has 1 unspecified atom stereocenters. The molecule has 1 aromatic carbocycles. The van der Waals surface area contributed by atoms with Crippen LogP contribution in [0.15, 0.2) is 24.3 Å². The molecule has 0 aliphatic carbocycles. The lowest BCUT2D eigenvalue weighted by molar-refractivity contribution is -0.137. The highest BCUT2D eigenvalue weighted by atomic mass is 16.5. The van der Waals surface area contributed by atoms with Gasteiger partial charge in [-0.25, -0.2) is 0 Å². The lowest BCUT2D eigenvalue weighted by atomic mass is 10.2.